The zero-order valence-corrected chi connectivity index (χ0v) is 16.9. The highest BCUT2D eigenvalue weighted by Crippen LogP contribution is 2.26. The van der Waals surface area contributed by atoms with E-state index in [1.165, 1.54) is 4.88 Å². The summed E-state index contributed by atoms with van der Waals surface area (Å²) in [5.74, 6) is -1.11. The maximum Gasteiger partial charge on any atom is 0.344 e. The molecule has 2 aromatic heterocycles. The first-order chi connectivity index (χ1) is 13.4. The number of amides is 1. The van der Waals surface area contributed by atoms with E-state index in [0.717, 1.165) is 42.5 Å². The minimum atomic E-state index is -0.902. The van der Waals surface area contributed by atoms with E-state index in [1.54, 1.807) is 22.3 Å². The Bertz CT molecular complexity index is 975. The normalized spacial score (nSPS) is 16.6. The highest BCUT2D eigenvalue weighted by atomic mass is 32.1. The summed E-state index contributed by atoms with van der Waals surface area (Å²) in [4.78, 5) is 43.9. The zero-order chi connectivity index (χ0) is 19.8. The zero-order valence-electron chi connectivity index (χ0n) is 16.1. The summed E-state index contributed by atoms with van der Waals surface area (Å²) in [7, 11) is 0. The Hall–Kier alpha value is -2.41. The molecule has 3 heterocycles. The van der Waals surface area contributed by atoms with Gasteiger partial charge in [0.25, 0.3) is 11.5 Å². The van der Waals surface area contributed by atoms with E-state index in [4.69, 9.17) is 4.74 Å². The molecule has 28 heavy (non-hydrogen) atoms. The van der Waals surface area contributed by atoms with Crippen LogP contribution in [-0.2, 0) is 35.3 Å². The lowest BCUT2D eigenvalue weighted by molar-refractivity contribution is -0.144. The number of esters is 1. The predicted octanol–water partition coefficient (Wildman–Crippen LogP) is 2.69. The molecule has 7 heteroatoms. The van der Waals surface area contributed by atoms with Crippen LogP contribution < -0.4 is 5.56 Å². The number of carbonyl (C=O) groups excluding carboxylic acids is 2. The minimum absolute atomic E-state index is 0.0159. The van der Waals surface area contributed by atoms with Gasteiger partial charge in [-0.1, -0.05) is 13.8 Å². The minimum Gasteiger partial charge on any atom is -0.448 e. The van der Waals surface area contributed by atoms with Crippen molar-refractivity contribution in [1.82, 2.24) is 9.88 Å². The Morgan fingerprint density at radius 2 is 2.04 bits per heavy atom. The Labute approximate surface area is 167 Å². The number of carbonyl (C=O) groups is 2. The number of nitrogens with one attached hydrogen (secondary N) is 1. The second-order valence-corrected chi connectivity index (χ2v) is 8.82. The lowest BCUT2D eigenvalue weighted by Crippen LogP contribution is -2.46. The van der Waals surface area contributed by atoms with Crippen molar-refractivity contribution in [2.24, 2.45) is 5.92 Å². The van der Waals surface area contributed by atoms with Crippen molar-refractivity contribution >= 4 is 23.2 Å². The van der Waals surface area contributed by atoms with Crippen molar-refractivity contribution in [2.75, 3.05) is 6.54 Å². The number of aromatic nitrogens is 1. The smallest absolute Gasteiger partial charge is 0.344 e. The Morgan fingerprint density at radius 1 is 1.21 bits per heavy atom. The molecule has 2 aliphatic rings. The third kappa shape index (κ3) is 3.51. The molecular weight excluding hydrogens is 376 g/mol. The van der Waals surface area contributed by atoms with Gasteiger partial charge < -0.3 is 14.6 Å². The van der Waals surface area contributed by atoms with Crippen LogP contribution in [0.3, 0.4) is 0 Å². The van der Waals surface area contributed by atoms with Crippen molar-refractivity contribution in [3.05, 3.63) is 55.1 Å². The second-order valence-electron chi connectivity index (χ2n) is 7.82. The Morgan fingerprint density at radius 3 is 2.82 bits per heavy atom. The van der Waals surface area contributed by atoms with Crippen LogP contribution in [0.5, 0.6) is 0 Å². The molecule has 1 unspecified atom stereocenters. The van der Waals surface area contributed by atoms with Crippen LogP contribution in [0.15, 0.2) is 22.3 Å². The fourth-order valence-electron chi connectivity index (χ4n) is 3.93. The van der Waals surface area contributed by atoms with Crippen LogP contribution in [0.25, 0.3) is 0 Å². The summed E-state index contributed by atoms with van der Waals surface area (Å²) in [5.41, 5.74) is 2.59. The van der Waals surface area contributed by atoms with E-state index in [1.807, 2.05) is 25.3 Å². The van der Waals surface area contributed by atoms with Crippen LogP contribution >= 0.6 is 11.3 Å². The maximum absolute atomic E-state index is 13.1. The van der Waals surface area contributed by atoms with Gasteiger partial charge in [0.15, 0.2) is 6.10 Å². The Balaban J connectivity index is 1.52. The van der Waals surface area contributed by atoms with Gasteiger partial charge in [0, 0.05) is 23.7 Å². The molecule has 0 fully saturated rings. The third-order valence-electron chi connectivity index (χ3n) is 5.51. The van der Waals surface area contributed by atoms with Crippen molar-refractivity contribution in [3.63, 3.8) is 0 Å². The molecule has 1 N–H and O–H groups in total. The number of hydrogen-bond donors (Lipinski definition) is 1. The SMILES string of the molecule is CC(C)C(OC(=O)c1cc2c([nH]c1=O)CCC2)C(=O)N1CCc2sccc2C1. The number of fused-ring (bicyclic) bond motifs is 2. The van der Waals surface area contributed by atoms with Crippen LogP contribution in [0, 0.1) is 5.92 Å². The number of thiophene rings is 1. The molecule has 0 aromatic carbocycles. The van der Waals surface area contributed by atoms with E-state index in [2.05, 4.69) is 4.98 Å². The quantitative estimate of drug-likeness (QED) is 0.801. The molecule has 148 valence electrons. The number of H-pyrrole nitrogens is 1. The number of hydrogen-bond acceptors (Lipinski definition) is 5. The fourth-order valence-corrected chi connectivity index (χ4v) is 4.82. The van der Waals surface area contributed by atoms with Crippen molar-refractivity contribution < 1.29 is 14.3 Å². The van der Waals surface area contributed by atoms with E-state index in [0.29, 0.717) is 13.1 Å². The van der Waals surface area contributed by atoms with Gasteiger partial charge in [0.1, 0.15) is 5.56 Å². The molecule has 0 spiro atoms. The lowest BCUT2D eigenvalue weighted by Gasteiger charge is -2.31. The van der Waals surface area contributed by atoms with Gasteiger partial charge in [-0.2, -0.15) is 0 Å². The summed E-state index contributed by atoms with van der Waals surface area (Å²) in [5, 5.41) is 2.04. The number of aromatic amines is 1. The average molecular weight is 401 g/mol. The number of nitrogens with zero attached hydrogens (tertiary/aromatic N) is 1. The van der Waals surface area contributed by atoms with E-state index in [-0.39, 0.29) is 17.4 Å². The number of ether oxygens (including phenoxy) is 1. The highest BCUT2D eigenvalue weighted by molar-refractivity contribution is 7.10. The highest BCUT2D eigenvalue weighted by Gasteiger charge is 2.33. The first kappa shape index (κ1) is 18.9. The van der Waals surface area contributed by atoms with Gasteiger partial charge in [-0.25, -0.2) is 4.79 Å². The summed E-state index contributed by atoms with van der Waals surface area (Å²) in [6.45, 7) is 4.86. The van der Waals surface area contributed by atoms with Crippen LogP contribution in [0.2, 0.25) is 0 Å². The molecular formula is C21H24N2O4S. The van der Waals surface area contributed by atoms with Crippen LogP contribution in [0.4, 0.5) is 0 Å². The second kappa shape index (κ2) is 7.54. The lowest BCUT2D eigenvalue weighted by atomic mass is 10.0. The first-order valence-corrected chi connectivity index (χ1v) is 10.6. The van der Waals surface area contributed by atoms with Gasteiger partial charge in [-0.05, 0) is 60.2 Å². The predicted molar refractivity (Wildman–Crippen MR) is 107 cm³/mol. The average Bonchev–Trinajstić information content (AvgIpc) is 3.32. The Kier molecular flexibility index (Phi) is 5.10. The molecule has 6 nitrogen and oxygen atoms in total. The molecule has 1 aliphatic heterocycles. The first-order valence-electron chi connectivity index (χ1n) is 9.74. The third-order valence-corrected chi connectivity index (χ3v) is 6.53. The molecule has 0 saturated carbocycles. The van der Waals surface area contributed by atoms with Gasteiger partial charge in [-0.15, -0.1) is 11.3 Å². The molecule has 1 aliphatic carbocycles. The van der Waals surface area contributed by atoms with Gasteiger partial charge >= 0.3 is 5.97 Å². The van der Waals surface area contributed by atoms with Gasteiger partial charge in [0.05, 0.1) is 0 Å². The molecule has 0 saturated heterocycles. The summed E-state index contributed by atoms with van der Waals surface area (Å²) >= 11 is 1.71. The van der Waals surface area contributed by atoms with Crippen molar-refractivity contribution in [3.8, 4) is 0 Å². The monoisotopic (exact) mass is 400 g/mol. The molecule has 2 aromatic rings. The van der Waals surface area contributed by atoms with Crippen molar-refractivity contribution in [1.29, 1.82) is 0 Å². The van der Waals surface area contributed by atoms with Gasteiger partial charge in [0.2, 0.25) is 0 Å². The fraction of sp³-hybridized carbons (Fsp3) is 0.476. The molecule has 0 bridgehead atoms. The van der Waals surface area contributed by atoms with Crippen LogP contribution in [-0.4, -0.2) is 34.4 Å². The summed E-state index contributed by atoms with van der Waals surface area (Å²) < 4.78 is 5.58. The maximum atomic E-state index is 13.1. The standard InChI is InChI=1S/C21H24N2O4S/c1-12(2)18(20(25)23-8-6-17-14(11-23)7-9-28-17)27-21(26)15-10-13-4-3-5-16(13)22-19(15)24/h7,9-10,12,18H,3-6,8,11H2,1-2H3,(H,22,24). The van der Waals surface area contributed by atoms with Crippen LogP contribution in [0.1, 0.15) is 52.3 Å². The van der Waals surface area contributed by atoms with Gasteiger partial charge in [-0.3, -0.25) is 9.59 Å². The van der Waals surface area contributed by atoms with Crippen molar-refractivity contribution in [2.45, 2.75) is 52.2 Å². The topological polar surface area (TPSA) is 79.5 Å². The molecule has 1 amide bonds. The number of aryl methyl sites for hydroxylation is 2. The molecule has 4 rings (SSSR count). The largest absolute Gasteiger partial charge is 0.448 e. The summed E-state index contributed by atoms with van der Waals surface area (Å²) in [6.07, 6.45) is 2.56. The van der Waals surface area contributed by atoms with E-state index < -0.39 is 17.6 Å². The number of rotatable bonds is 4. The number of pyridine rings is 1. The van der Waals surface area contributed by atoms with E-state index >= 15 is 0 Å². The molecule has 0 radical (unpaired) electrons. The van der Waals surface area contributed by atoms with E-state index in [9.17, 15) is 14.4 Å². The summed E-state index contributed by atoms with van der Waals surface area (Å²) in [6, 6.07) is 3.67. The molecule has 1 atom stereocenters.